The molecule has 2 unspecified atom stereocenters. The van der Waals surface area contributed by atoms with Gasteiger partial charge >= 0.3 is 0 Å². The van der Waals surface area contributed by atoms with Crippen LogP contribution in [0.5, 0.6) is 0 Å². The van der Waals surface area contributed by atoms with E-state index in [2.05, 4.69) is 12.2 Å². The summed E-state index contributed by atoms with van der Waals surface area (Å²) >= 11 is 0. The van der Waals surface area contributed by atoms with Gasteiger partial charge < -0.3 is 18.9 Å². The summed E-state index contributed by atoms with van der Waals surface area (Å²) in [6.45, 7) is 2.90. The van der Waals surface area contributed by atoms with Crippen LogP contribution in [-0.4, -0.2) is 38.0 Å². The van der Waals surface area contributed by atoms with E-state index in [0.717, 1.165) is 52.1 Å². The van der Waals surface area contributed by atoms with Gasteiger partial charge in [-0.25, -0.2) is 0 Å². The van der Waals surface area contributed by atoms with Gasteiger partial charge in [-0.05, 0) is 12.8 Å². The third-order valence-electron chi connectivity index (χ3n) is 4.94. The number of rotatable bonds is 0. The van der Waals surface area contributed by atoms with E-state index in [-0.39, 0.29) is 11.6 Å². The summed E-state index contributed by atoms with van der Waals surface area (Å²) in [7, 11) is 0. The molecule has 18 heavy (non-hydrogen) atoms. The number of allylic oxidation sites excluding steroid dienone is 2. The van der Waals surface area contributed by atoms with Crippen LogP contribution in [0.2, 0.25) is 0 Å². The molecule has 2 saturated heterocycles. The SMILES string of the molecule is C1=CCC2C(C1)C1(CCC23OCCO3)OCCO1. The average Bonchev–Trinajstić information content (AvgIpc) is 3.06. The van der Waals surface area contributed by atoms with Crippen molar-refractivity contribution < 1.29 is 18.9 Å². The zero-order valence-electron chi connectivity index (χ0n) is 10.6. The molecule has 2 aliphatic heterocycles. The van der Waals surface area contributed by atoms with E-state index in [4.69, 9.17) is 18.9 Å². The Morgan fingerprint density at radius 2 is 1.06 bits per heavy atom. The fourth-order valence-electron chi connectivity index (χ4n) is 4.16. The fraction of sp³-hybridized carbons (Fsp3) is 0.857. The molecule has 0 radical (unpaired) electrons. The van der Waals surface area contributed by atoms with Gasteiger partial charge in [0.05, 0.1) is 26.4 Å². The van der Waals surface area contributed by atoms with Crippen LogP contribution in [0.4, 0.5) is 0 Å². The van der Waals surface area contributed by atoms with Crippen molar-refractivity contribution in [2.24, 2.45) is 11.8 Å². The maximum absolute atomic E-state index is 5.99. The van der Waals surface area contributed by atoms with Gasteiger partial charge in [0.25, 0.3) is 0 Å². The molecule has 2 aliphatic carbocycles. The minimum absolute atomic E-state index is 0.365. The number of fused-ring (bicyclic) bond motifs is 3. The van der Waals surface area contributed by atoms with Crippen molar-refractivity contribution in [3.63, 3.8) is 0 Å². The molecule has 0 N–H and O–H groups in total. The van der Waals surface area contributed by atoms with Gasteiger partial charge in [-0.1, -0.05) is 12.2 Å². The van der Waals surface area contributed by atoms with Crippen LogP contribution in [0.25, 0.3) is 0 Å². The second kappa shape index (κ2) is 4.04. The fourth-order valence-corrected chi connectivity index (χ4v) is 4.16. The van der Waals surface area contributed by atoms with Crippen molar-refractivity contribution in [3.05, 3.63) is 12.2 Å². The van der Waals surface area contributed by atoms with E-state index in [9.17, 15) is 0 Å². The largest absolute Gasteiger partial charge is 0.347 e. The van der Waals surface area contributed by atoms with Gasteiger partial charge in [0, 0.05) is 24.7 Å². The van der Waals surface area contributed by atoms with Gasteiger partial charge in [-0.15, -0.1) is 0 Å². The Labute approximate surface area is 107 Å². The Hall–Kier alpha value is -0.420. The lowest BCUT2D eigenvalue weighted by molar-refractivity contribution is -0.308. The van der Waals surface area contributed by atoms with E-state index < -0.39 is 0 Å². The van der Waals surface area contributed by atoms with Crippen molar-refractivity contribution in [1.82, 2.24) is 0 Å². The first-order chi connectivity index (χ1) is 8.85. The van der Waals surface area contributed by atoms with Crippen molar-refractivity contribution in [1.29, 1.82) is 0 Å². The van der Waals surface area contributed by atoms with E-state index in [1.807, 2.05) is 0 Å². The molecule has 100 valence electrons. The second-order valence-electron chi connectivity index (χ2n) is 5.67. The molecule has 1 saturated carbocycles. The molecule has 4 heteroatoms. The van der Waals surface area contributed by atoms with Crippen LogP contribution in [0.1, 0.15) is 25.7 Å². The van der Waals surface area contributed by atoms with Crippen LogP contribution in [0.3, 0.4) is 0 Å². The maximum Gasteiger partial charge on any atom is 0.172 e. The summed E-state index contributed by atoms with van der Waals surface area (Å²) in [5, 5.41) is 0. The van der Waals surface area contributed by atoms with Crippen molar-refractivity contribution in [2.75, 3.05) is 26.4 Å². The Morgan fingerprint density at radius 3 is 1.44 bits per heavy atom. The molecule has 4 nitrogen and oxygen atoms in total. The van der Waals surface area contributed by atoms with Crippen molar-refractivity contribution in [3.8, 4) is 0 Å². The first-order valence-corrected chi connectivity index (χ1v) is 7.06. The summed E-state index contributed by atoms with van der Waals surface area (Å²) in [6.07, 6.45) is 8.31. The number of ether oxygens (including phenoxy) is 4. The van der Waals surface area contributed by atoms with Gasteiger partial charge in [-0.2, -0.15) is 0 Å². The van der Waals surface area contributed by atoms with Crippen LogP contribution >= 0.6 is 0 Å². The summed E-state index contributed by atoms with van der Waals surface area (Å²) in [5.74, 6) is 0.0140. The average molecular weight is 252 g/mol. The Morgan fingerprint density at radius 1 is 0.667 bits per heavy atom. The molecular weight excluding hydrogens is 232 g/mol. The highest BCUT2D eigenvalue weighted by molar-refractivity contribution is 5.08. The Bertz CT molecular complexity index is 319. The molecule has 2 atom stereocenters. The zero-order chi connectivity index (χ0) is 12.1. The highest BCUT2D eigenvalue weighted by atomic mass is 16.8. The Kier molecular flexibility index (Phi) is 2.56. The number of hydrogen-bond acceptors (Lipinski definition) is 4. The first kappa shape index (κ1) is 11.4. The summed E-state index contributed by atoms with van der Waals surface area (Å²) < 4.78 is 23.9. The van der Waals surface area contributed by atoms with Gasteiger partial charge in [-0.3, -0.25) is 0 Å². The smallest absolute Gasteiger partial charge is 0.172 e. The molecule has 2 spiro atoms. The predicted octanol–water partition coefficient (Wildman–Crippen LogP) is 1.85. The lowest BCUT2D eigenvalue weighted by Crippen LogP contribution is -2.58. The van der Waals surface area contributed by atoms with E-state index in [0.29, 0.717) is 11.8 Å². The van der Waals surface area contributed by atoms with Crippen LogP contribution < -0.4 is 0 Å². The quantitative estimate of drug-likeness (QED) is 0.617. The molecule has 0 aromatic rings. The third-order valence-corrected chi connectivity index (χ3v) is 4.94. The molecule has 3 fully saturated rings. The third kappa shape index (κ3) is 1.46. The Balaban J connectivity index is 1.69. The van der Waals surface area contributed by atoms with E-state index >= 15 is 0 Å². The maximum atomic E-state index is 5.99. The van der Waals surface area contributed by atoms with Crippen molar-refractivity contribution in [2.45, 2.75) is 37.3 Å². The second-order valence-corrected chi connectivity index (χ2v) is 5.67. The van der Waals surface area contributed by atoms with Gasteiger partial charge in [0.1, 0.15) is 0 Å². The lowest BCUT2D eigenvalue weighted by Gasteiger charge is -2.52. The minimum Gasteiger partial charge on any atom is -0.347 e. The van der Waals surface area contributed by atoms with Crippen molar-refractivity contribution >= 4 is 0 Å². The molecule has 2 heterocycles. The van der Waals surface area contributed by atoms with Crippen LogP contribution in [0, 0.1) is 11.8 Å². The summed E-state index contributed by atoms with van der Waals surface area (Å²) in [5.41, 5.74) is 0. The summed E-state index contributed by atoms with van der Waals surface area (Å²) in [6, 6.07) is 0. The molecule has 0 aromatic heterocycles. The highest BCUT2D eigenvalue weighted by Crippen LogP contribution is 2.54. The van der Waals surface area contributed by atoms with E-state index in [1.165, 1.54) is 0 Å². The standard InChI is InChI=1S/C14H20O4/c1-2-4-12-11(3-1)13(15-7-8-16-13)5-6-14(12)17-9-10-18-14/h1-2,11-12H,3-10H2. The topological polar surface area (TPSA) is 36.9 Å². The first-order valence-electron chi connectivity index (χ1n) is 7.06. The normalized spacial score (nSPS) is 40.4. The predicted molar refractivity (Wildman–Crippen MR) is 63.9 cm³/mol. The molecule has 0 bridgehead atoms. The molecule has 4 aliphatic rings. The molecule has 0 amide bonds. The zero-order valence-corrected chi connectivity index (χ0v) is 10.6. The van der Waals surface area contributed by atoms with E-state index in [1.54, 1.807) is 0 Å². The minimum atomic E-state index is -0.365. The number of hydrogen-bond donors (Lipinski definition) is 0. The van der Waals surface area contributed by atoms with Gasteiger partial charge in [0.2, 0.25) is 0 Å². The highest BCUT2D eigenvalue weighted by Gasteiger charge is 2.60. The summed E-state index contributed by atoms with van der Waals surface area (Å²) in [4.78, 5) is 0. The lowest BCUT2D eigenvalue weighted by atomic mass is 9.66. The van der Waals surface area contributed by atoms with Crippen LogP contribution in [-0.2, 0) is 18.9 Å². The molecular formula is C14H20O4. The molecule has 0 aromatic carbocycles. The van der Waals surface area contributed by atoms with Gasteiger partial charge in [0.15, 0.2) is 11.6 Å². The molecule has 4 rings (SSSR count). The van der Waals surface area contributed by atoms with Crippen LogP contribution in [0.15, 0.2) is 12.2 Å². The monoisotopic (exact) mass is 252 g/mol.